The number of sulfonamides is 1. The molecule has 106 valence electrons. The van der Waals surface area contributed by atoms with E-state index in [1.165, 1.54) is 0 Å². The van der Waals surface area contributed by atoms with Crippen molar-refractivity contribution in [3.8, 4) is 0 Å². The van der Waals surface area contributed by atoms with Crippen molar-refractivity contribution in [1.82, 2.24) is 9.71 Å². The second kappa shape index (κ2) is 6.02. The molecule has 0 aliphatic rings. The number of hydrogen-bond acceptors (Lipinski definition) is 4. The van der Waals surface area contributed by atoms with Gasteiger partial charge in [-0.3, -0.25) is 4.98 Å². The number of nitrogens with one attached hydrogen (secondary N) is 1. The summed E-state index contributed by atoms with van der Waals surface area (Å²) in [5, 5.41) is 0. The van der Waals surface area contributed by atoms with Gasteiger partial charge < -0.3 is 5.73 Å². The summed E-state index contributed by atoms with van der Waals surface area (Å²) in [6.07, 6.45) is 1.67. The van der Waals surface area contributed by atoms with Crippen molar-refractivity contribution in [2.75, 3.05) is 5.73 Å². The molecule has 1 aromatic carbocycles. The second-order valence-electron chi connectivity index (χ2n) is 4.63. The summed E-state index contributed by atoms with van der Waals surface area (Å²) in [6.45, 7) is 2.12. The van der Waals surface area contributed by atoms with Gasteiger partial charge in [-0.05, 0) is 36.2 Å². The lowest BCUT2D eigenvalue weighted by atomic mass is 10.2. The van der Waals surface area contributed by atoms with E-state index in [1.54, 1.807) is 30.5 Å². The fraction of sp³-hybridized carbons (Fsp3) is 0.214. The Kier molecular flexibility index (Phi) is 4.36. The van der Waals surface area contributed by atoms with Gasteiger partial charge in [0, 0.05) is 24.1 Å². The van der Waals surface area contributed by atoms with Crippen LogP contribution in [0.5, 0.6) is 0 Å². The number of rotatable bonds is 5. The number of benzene rings is 1. The molecule has 20 heavy (non-hydrogen) atoms. The maximum absolute atomic E-state index is 12.0. The van der Waals surface area contributed by atoms with Gasteiger partial charge in [-0.15, -0.1) is 0 Å². The smallest absolute Gasteiger partial charge is 0.216 e. The van der Waals surface area contributed by atoms with Crippen molar-refractivity contribution < 1.29 is 8.42 Å². The highest BCUT2D eigenvalue weighted by molar-refractivity contribution is 7.88. The van der Waals surface area contributed by atoms with E-state index >= 15 is 0 Å². The van der Waals surface area contributed by atoms with Crippen LogP contribution in [0.4, 0.5) is 5.69 Å². The van der Waals surface area contributed by atoms with Crippen LogP contribution in [-0.2, 0) is 22.3 Å². The molecule has 1 heterocycles. The zero-order valence-corrected chi connectivity index (χ0v) is 12.0. The summed E-state index contributed by atoms with van der Waals surface area (Å²) in [7, 11) is -3.39. The van der Waals surface area contributed by atoms with Crippen LogP contribution in [0.3, 0.4) is 0 Å². The third-order valence-electron chi connectivity index (χ3n) is 2.78. The predicted octanol–water partition coefficient (Wildman–Crippen LogP) is 1.59. The lowest BCUT2D eigenvalue weighted by Crippen LogP contribution is -2.24. The average Bonchev–Trinajstić information content (AvgIpc) is 2.37. The molecule has 5 nitrogen and oxygen atoms in total. The Labute approximate surface area is 118 Å². The molecule has 0 saturated heterocycles. The molecule has 1 aromatic heterocycles. The third-order valence-corrected chi connectivity index (χ3v) is 4.07. The summed E-state index contributed by atoms with van der Waals surface area (Å²) in [6, 6.07) is 10.6. The lowest BCUT2D eigenvalue weighted by Gasteiger charge is -2.07. The van der Waals surface area contributed by atoms with Gasteiger partial charge in [0.25, 0.3) is 0 Å². The Bertz CT molecular complexity index is 682. The molecule has 6 heteroatoms. The molecule has 0 aliphatic heterocycles. The monoisotopic (exact) mass is 291 g/mol. The van der Waals surface area contributed by atoms with Crippen molar-refractivity contribution in [2.45, 2.75) is 19.2 Å². The molecule has 0 atom stereocenters. The Morgan fingerprint density at radius 1 is 1.20 bits per heavy atom. The highest BCUT2D eigenvalue weighted by atomic mass is 32.2. The molecule has 0 spiro atoms. The number of aryl methyl sites for hydroxylation is 1. The van der Waals surface area contributed by atoms with E-state index in [9.17, 15) is 8.42 Å². The standard InChI is InChI=1S/C14H17N3O2S/c1-11-5-6-13(8-16-11)9-17-20(18,19)10-12-3-2-4-14(15)7-12/h2-8,17H,9-10,15H2,1H3. The largest absolute Gasteiger partial charge is 0.399 e. The van der Waals surface area contributed by atoms with Gasteiger partial charge in [-0.1, -0.05) is 18.2 Å². The van der Waals surface area contributed by atoms with Gasteiger partial charge in [0.1, 0.15) is 0 Å². The SMILES string of the molecule is Cc1ccc(CNS(=O)(=O)Cc2cccc(N)c2)cn1. The maximum atomic E-state index is 12.0. The summed E-state index contributed by atoms with van der Waals surface area (Å²) in [4.78, 5) is 4.12. The van der Waals surface area contributed by atoms with E-state index in [-0.39, 0.29) is 12.3 Å². The molecule has 0 fully saturated rings. The minimum absolute atomic E-state index is 0.0860. The van der Waals surface area contributed by atoms with E-state index < -0.39 is 10.0 Å². The van der Waals surface area contributed by atoms with E-state index in [0.29, 0.717) is 11.3 Å². The average molecular weight is 291 g/mol. The second-order valence-corrected chi connectivity index (χ2v) is 6.44. The highest BCUT2D eigenvalue weighted by Crippen LogP contribution is 2.10. The number of nitrogen functional groups attached to an aromatic ring is 1. The van der Waals surface area contributed by atoms with E-state index in [0.717, 1.165) is 11.3 Å². The van der Waals surface area contributed by atoms with Gasteiger partial charge in [0.15, 0.2) is 0 Å². The first kappa shape index (κ1) is 14.5. The minimum atomic E-state index is -3.39. The van der Waals surface area contributed by atoms with Crippen LogP contribution in [0.1, 0.15) is 16.8 Å². The molecule has 0 amide bonds. The van der Waals surface area contributed by atoms with Gasteiger partial charge in [-0.25, -0.2) is 13.1 Å². The first-order valence-electron chi connectivity index (χ1n) is 6.18. The van der Waals surface area contributed by atoms with Gasteiger partial charge >= 0.3 is 0 Å². The van der Waals surface area contributed by atoms with E-state index in [4.69, 9.17) is 5.73 Å². The summed E-state index contributed by atoms with van der Waals surface area (Å²) in [5.41, 5.74) is 8.58. The molecule has 0 saturated carbocycles. The van der Waals surface area contributed by atoms with Crippen LogP contribution in [0.2, 0.25) is 0 Å². The lowest BCUT2D eigenvalue weighted by molar-refractivity contribution is 0.580. The maximum Gasteiger partial charge on any atom is 0.216 e. The zero-order valence-electron chi connectivity index (χ0n) is 11.2. The van der Waals surface area contributed by atoms with Crippen LogP contribution >= 0.6 is 0 Å². The number of anilines is 1. The first-order valence-corrected chi connectivity index (χ1v) is 7.83. The number of nitrogens with two attached hydrogens (primary N) is 1. The third kappa shape index (κ3) is 4.32. The topological polar surface area (TPSA) is 85.1 Å². The Balaban J connectivity index is 1.99. The van der Waals surface area contributed by atoms with Crippen molar-refractivity contribution in [2.24, 2.45) is 0 Å². The zero-order chi connectivity index (χ0) is 14.6. The molecular formula is C14H17N3O2S. The molecule has 0 aliphatic carbocycles. The van der Waals surface area contributed by atoms with Crippen LogP contribution in [0.25, 0.3) is 0 Å². The van der Waals surface area contributed by atoms with Crippen LogP contribution in [0, 0.1) is 6.92 Å². The minimum Gasteiger partial charge on any atom is -0.399 e. The Morgan fingerprint density at radius 3 is 2.65 bits per heavy atom. The highest BCUT2D eigenvalue weighted by Gasteiger charge is 2.11. The molecular weight excluding hydrogens is 274 g/mol. The number of aromatic nitrogens is 1. The van der Waals surface area contributed by atoms with Crippen LogP contribution in [-0.4, -0.2) is 13.4 Å². The first-order chi connectivity index (χ1) is 9.44. The van der Waals surface area contributed by atoms with Gasteiger partial charge in [-0.2, -0.15) is 0 Å². The fourth-order valence-electron chi connectivity index (χ4n) is 1.75. The molecule has 3 N–H and O–H groups in total. The van der Waals surface area contributed by atoms with Crippen molar-refractivity contribution in [3.05, 3.63) is 59.4 Å². The number of nitrogens with zero attached hydrogens (tertiary/aromatic N) is 1. The van der Waals surface area contributed by atoms with Crippen LogP contribution < -0.4 is 10.5 Å². The van der Waals surface area contributed by atoms with E-state index in [2.05, 4.69) is 9.71 Å². The van der Waals surface area contributed by atoms with Gasteiger partial charge in [0.2, 0.25) is 10.0 Å². The molecule has 0 unspecified atom stereocenters. The normalized spacial score (nSPS) is 11.4. The van der Waals surface area contributed by atoms with Crippen LogP contribution in [0.15, 0.2) is 42.6 Å². The summed E-state index contributed by atoms with van der Waals surface area (Å²) in [5.74, 6) is -0.0860. The van der Waals surface area contributed by atoms with Crippen molar-refractivity contribution in [1.29, 1.82) is 0 Å². The number of hydrogen-bond donors (Lipinski definition) is 2. The molecule has 0 radical (unpaired) electrons. The van der Waals surface area contributed by atoms with E-state index in [1.807, 2.05) is 19.1 Å². The van der Waals surface area contributed by atoms with Crippen molar-refractivity contribution >= 4 is 15.7 Å². The predicted molar refractivity (Wildman–Crippen MR) is 79.3 cm³/mol. The summed E-state index contributed by atoms with van der Waals surface area (Å²) >= 11 is 0. The molecule has 2 rings (SSSR count). The quantitative estimate of drug-likeness (QED) is 0.819. The van der Waals surface area contributed by atoms with Gasteiger partial charge in [0.05, 0.1) is 5.75 Å². The number of pyridine rings is 1. The Morgan fingerprint density at radius 2 is 2.00 bits per heavy atom. The summed E-state index contributed by atoms with van der Waals surface area (Å²) < 4.78 is 26.5. The molecule has 2 aromatic rings. The molecule has 0 bridgehead atoms. The fourth-order valence-corrected chi connectivity index (χ4v) is 2.86. The Hall–Kier alpha value is -1.92. The van der Waals surface area contributed by atoms with Crippen molar-refractivity contribution in [3.63, 3.8) is 0 Å².